The van der Waals surface area contributed by atoms with Crippen molar-refractivity contribution in [3.05, 3.63) is 70.8 Å². The lowest BCUT2D eigenvalue weighted by atomic mass is 9.86. The van der Waals surface area contributed by atoms with E-state index in [1.807, 2.05) is 48.2 Å². The minimum absolute atomic E-state index is 0.0144. The van der Waals surface area contributed by atoms with Crippen LogP contribution in [0.4, 0.5) is 0 Å². The van der Waals surface area contributed by atoms with Crippen LogP contribution in [0.15, 0.2) is 48.5 Å². The van der Waals surface area contributed by atoms with Gasteiger partial charge in [0.1, 0.15) is 0 Å². The molecule has 2 atom stereocenters. The maximum absolute atomic E-state index is 13.2. The smallest absolute Gasteiger partial charge is 0.254 e. The zero-order chi connectivity index (χ0) is 20.1. The van der Waals surface area contributed by atoms with Gasteiger partial charge in [0.25, 0.3) is 5.91 Å². The van der Waals surface area contributed by atoms with Crippen LogP contribution in [0, 0.1) is 19.8 Å². The van der Waals surface area contributed by atoms with Gasteiger partial charge in [0.2, 0.25) is 5.91 Å². The number of rotatable bonds is 6. The Morgan fingerprint density at radius 2 is 1.68 bits per heavy atom. The number of carbonyl (C=O) groups excluding carboxylic acids is 2. The van der Waals surface area contributed by atoms with Gasteiger partial charge in [-0.05, 0) is 43.0 Å². The Labute approximate surface area is 167 Å². The topological polar surface area (TPSA) is 49.4 Å². The average molecular weight is 379 g/mol. The van der Waals surface area contributed by atoms with Crippen LogP contribution in [0.3, 0.4) is 0 Å². The molecule has 2 aromatic rings. The van der Waals surface area contributed by atoms with Crippen molar-refractivity contribution in [2.24, 2.45) is 5.92 Å². The zero-order valence-electron chi connectivity index (χ0n) is 17.1. The van der Waals surface area contributed by atoms with Crippen molar-refractivity contribution >= 4 is 11.8 Å². The first-order chi connectivity index (χ1) is 13.5. The van der Waals surface area contributed by atoms with E-state index in [0.29, 0.717) is 19.6 Å². The van der Waals surface area contributed by atoms with E-state index in [9.17, 15) is 9.59 Å². The number of amides is 2. The molecule has 0 aliphatic carbocycles. The average Bonchev–Trinajstić information content (AvgIpc) is 3.13. The molecule has 0 spiro atoms. The van der Waals surface area contributed by atoms with Gasteiger partial charge in [-0.15, -0.1) is 0 Å². The first-order valence-electron chi connectivity index (χ1n) is 10.2. The molecule has 2 unspecified atom stereocenters. The standard InChI is InChI=1S/C24H30N2O2/c1-4-5-14-25-23(27)22-16-26(24(28)20-13-9-7-11-18(20)3)15-21(22)19-12-8-6-10-17(19)2/h6-13,21-22H,4-5,14-16H2,1-3H3,(H,25,27). The molecule has 0 bridgehead atoms. The van der Waals surface area contributed by atoms with Gasteiger partial charge < -0.3 is 10.2 Å². The van der Waals surface area contributed by atoms with E-state index < -0.39 is 0 Å². The van der Waals surface area contributed by atoms with Gasteiger partial charge in [-0.1, -0.05) is 55.8 Å². The molecule has 1 aliphatic heterocycles. The number of likely N-dealkylation sites (tertiary alicyclic amines) is 1. The molecule has 0 radical (unpaired) electrons. The van der Waals surface area contributed by atoms with Crippen molar-refractivity contribution < 1.29 is 9.59 Å². The second-order valence-electron chi connectivity index (χ2n) is 7.74. The van der Waals surface area contributed by atoms with Crippen LogP contribution in [0.5, 0.6) is 0 Å². The number of nitrogens with one attached hydrogen (secondary N) is 1. The summed E-state index contributed by atoms with van der Waals surface area (Å²) in [5.74, 6) is -0.121. The van der Waals surface area contributed by atoms with Crippen molar-refractivity contribution in [3.63, 3.8) is 0 Å². The number of hydrogen-bond donors (Lipinski definition) is 1. The molecule has 1 heterocycles. The molecule has 4 nitrogen and oxygen atoms in total. The fourth-order valence-corrected chi connectivity index (χ4v) is 4.06. The molecule has 1 saturated heterocycles. The molecule has 4 heteroatoms. The summed E-state index contributed by atoms with van der Waals surface area (Å²) in [6.45, 7) is 7.87. The monoisotopic (exact) mass is 378 g/mol. The Morgan fingerprint density at radius 1 is 1.00 bits per heavy atom. The Kier molecular flexibility index (Phi) is 6.50. The van der Waals surface area contributed by atoms with Crippen molar-refractivity contribution in [3.8, 4) is 0 Å². The summed E-state index contributed by atoms with van der Waals surface area (Å²) in [5, 5.41) is 3.08. The van der Waals surface area contributed by atoms with E-state index in [0.717, 1.165) is 24.0 Å². The third kappa shape index (κ3) is 4.27. The number of carbonyl (C=O) groups is 2. The Morgan fingerprint density at radius 3 is 2.36 bits per heavy atom. The minimum atomic E-state index is -0.217. The minimum Gasteiger partial charge on any atom is -0.356 e. The molecular weight excluding hydrogens is 348 g/mol. The highest BCUT2D eigenvalue weighted by Gasteiger charge is 2.41. The van der Waals surface area contributed by atoms with Crippen LogP contribution in [-0.4, -0.2) is 36.3 Å². The van der Waals surface area contributed by atoms with Crippen LogP contribution < -0.4 is 5.32 Å². The van der Waals surface area contributed by atoms with Crippen molar-refractivity contribution in [2.75, 3.05) is 19.6 Å². The van der Waals surface area contributed by atoms with Gasteiger partial charge in [0.15, 0.2) is 0 Å². The normalized spacial score (nSPS) is 18.9. The summed E-state index contributed by atoms with van der Waals surface area (Å²) >= 11 is 0. The number of aryl methyl sites for hydroxylation is 2. The second kappa shape index (κ2) is 9.05. The summed E-state index contributed by atoms with van der Waals surface area (Å²) in [4.78, 5) is 27.9. The predicted octanol–water partition coefficient (Wildman–Crippen LogP) is 4.08. The largest absolute Gasteiger partial charge is 0.356 e. The van der Waals surface area contributed by atoms with Crippen LogP contribution >= 0.6 is 0 Å². The van der Waals surface area contributed by atoms with E-state index in [1.54, 1.807) is 0 Å². The molecule has 148 valence electrons. The van der Waals surface area contributed by atoms with Gasteiger partial charge in [0.05, 0.1) is 5.92 Å². The summed E-state index contributed by atoms with van der Waals surface area (Å²) in [7, 11) is 0. The van der Waals surface area contributed by atoms with Gasteiger partial charge in [-0.25, -0.2) is 0 Å². The molecule has 1 fully saturated rings. The maximum atomic E-state index is 13.2. The molecular formula is C24H30N2O2. The number of hydrogen-bond acceptors (Lipinski definition) is 2. The molecule has 0 saturated carbocycles. The van der Waals surface area contributed by atoms with Gasteiger partial charge in [-0.3, -0.25) is 9.59 Å². The summed E-state index contributed by atoms with van der Waals surface area (Å²) in [6.07, 6.45) is 2.02. The van der Waals surface area contributed by atoms with Gasteiger partial charge in [0, 0.05) is 31.1 Å². The van der Waals surface area contributed by atoms with E-state index >= 15 is 0 Å². The summed E-state index contributed by atoms with van der Waals surface area (Å²) < 4.78 is 0. The van der Waals surface area contributed by atoms with E-state index in [2.05, 4.69) is 31.3 Å². The zero-order valence-corrected chi connectivity index (χ0v) is 17.1. The van der Waals surface area contributed by atoms with Crippen molar-refractivity contribution in [2.45, 2.75) is 39.5 Å². The van der Waals surface area contributed by atoms with Gasteiger partial charge in [-0.2, -0.15) is 0 Å². The molecule has 2 aromatic carbocycles. The maximum Gasteiger partial charge on any atom is 0.254 e. The van der Waals surface area contributed by atoms with Crippen LogP contribution in [-0.2, 0) is 4.79 Å². The van der Waals surface area contributed by atoms with Crippen molar-refractivity contribution in [1.82, 2.24) is 10.2 Å². The highest BCUT2D eigenvalue weighted by Crippen LogP contribution is 2.35. The van der Waals surface area contributed by atoms with Crippen LogP contribution in [0.1, 0.15) is 52.7 Å². The Balaban J connectivity index is 1.86. The molecule has 1 N–H and O–H groups in total. The SMILES string of the molecule is CCCCNC(=O)C1CN(C(=O)c2ccccc2C)CC1c1ccccc1C. The highest BCUT2D eigenvalue weighted by molar-refractivity contribution is 5.96. The molecule has 0 aromatic heterocycles. The van der Waals surface area contributed by atoms with Crippen molar-refractivity contribution in [1.29, 1.82) is 0 Å². The quantitative estimate of drug-likeness (QED) is 0.770. The second-order valence-corrected chi connectivity index (χ2v) is 7.74. The lowest BCUT2D eigenvalue weighted by molar-refractivity contribution is -0.124. The lowest BCUT2D eigenvalue weighted by Gasteiger charge is -2.20. The molecule has 3 rings (SSSR count). The molecule has 2 amide bonds. The van der Waals surface area contributed by atoms with Crippen LogP contribution in [0.2, 0.25) is 0 Å². The number of benzene rings is 2. The third-order valence-corrected chi connectivity index (χ3v) is 5.74. The summed E-state index contributed by atoms with van der Waals surface area (Å²) in [6, 6.07) is 15.9. The summed E-state index contributed by atoms with van der Waals surface area (Å²) in [5.41, 5.74) is 4.02. The van der Waals surface area contributed by atoms with E-state index in [1.165, 1.54) is 11.1 Å². The Bertz CT molecular complexity index is 846. The third-order valence-electron chi connectivity index (χ3n) is 5.74. The fourth-order valence-electron chi connectivity index (χ4n) is 4.06. The predicted molar refractivity (Wildman–Crippen MR) is 112 cm³/mol. The lowest BCUT2D eigenvalue weighted by Crippen LogP contribution is -2.36. The van der Waals surface area contributed by atoms with Gasteiger partial charge >= 0.3 is 0 Å². The molecule has 1 aliphatic rings. The van der Waals surface area contributed by atoms with E-state index in [-0.39, 0.29) is 23.7 Å². The first-order valence-corrected chi connectivity index (χ1v) is 10.2. The highest BCUT2D eigenvalue weighted by atomic mass is 16.2. The molecule has 28 heavy (non-hydrogen) atoms. The Hall–Kier alpha value is -2.62. The fraction of sp³-hybridized carbons (Fsp3) is 0.417. The van der Waals surface area contributed by atoms with Crippen LogP contribution in [0.25, 0.3) is 0 Å². The number of nitrogens with zero attached hydrogens (tertiary/aromatic N) is 1. The first kappa shape index (κ1) is 20.1. The van der Waals surface area contributed by atoms with E-state index in [4.69, 9.17) is 0 Å². The number of unbranched alkanes of at least 4 members (excludes halogenated alkanes) is 1.